The molecule has 0 aliphatic heterocycles. The summed E-state index contributed by atoms with van der Waals surface area (Å²) in [6.07, 6.45) is 0. The lowest BCUT2D eigenvalue weighted by Gasteiger charge is -2.13. The van der Waals surface area contributed by atoms with E-state index in [0.29, 0.717) is 31.3 Å². The quantitative estimate of drug-likeness (QED) is 0.588. The van der Waals surface area contributed by atoms with Crippen LogP contribution in [0.5, 0.6) is 5.75 Å². The fourth-order valence-electron chi connectivity index (χ4n) is 2.61. The maximum atomic E-state index is 12.6. The molecule has 2 heterocycles. The Bertz CT molecular complexity index is 855. The molecule has 3 aromatic rings. The largest absolute Gasteiger partial charge is 0.492 e. The highest BCUT2D eigenvalue weighted by molar-refractivity contribution is 9.10. The Balaban J connectivity index is 1.80. The third kappa shape index (κ3) is 4.25. The zero-order valence-electron chi connectivity index (χ0n) is 14.3. The monoisotopic (exact) mass is 420 g/mol. The molecule has 132 valence electrons. The highest BCUT2D eigenvalue weighted by Gasteiger charge is 2.18. The minimum Gasteiger partial charge on any atom is -0.492 e. The highest BCUT2D eigenvalue weighted by Crippen LogP contribution is 2.33. The molecular weight excluding hydrogens is 400 g/mol. The molecule has 0 fully saturated rings. The van der Waals surface area contributed by atoms with Gasteiger partial charge in [0.05, 0.1) is 21.2 Å². The second-order valence-electron chi connectivity index (χ2n) is 6.24. The van der Waals surface area contributed by atoms with Crippen molar-refractivity contribution in [3.05, 3.63) is 51.9 Å². The number of halogens is 1. The van der Waals surface area contributed by atoms with E-state index in [1.165, 1.54) is 0 Å². The third-order valence-corrected chi connectivity index (χ3v) is 5.63. The molecular formula is C19H21BrN2O2S. The molecule has 25 heavy (non-hydrogen) atoms. The van der Waals surface area contributed by atoms with Crippen LogP contribution in [0.2, 0.25) is 0 Å². The van der Waals surface area contributed by atoms with Crippen LogP contribution in [0.25, 0.3) is 10.2 Å². The molecule has 3 rings (SSSR count). The number of carbonyl (C=O) groups excluding carboxylic acids is 1. The molecule has 0 spiro atoms. The van der Waals surface area contributed by atoms with Crippen molar-refractivity contribution in [3.8, 4) is 5.75 Å². The lowest BCUT2D eigenvalue weighted by Crippen LogP contribution is -2.29. The predicted octanol–water partition coefficient (Wildman–Crippen LogP) is 4.93. The van der Waals surface area contributed by atoms with Crippen LogP contribution < -0.4 is 10.1 Å². The van der Waals surface area contributed by atoms with E-state index in [-0.39, 0.29) is 5.91 Å². The van der Waals surface area contributed by atoms with E-state index in [2.05, 4.69) is 40.5 Å². The van der Waals surface area contributed by atoms with Gasteiger partial charge in [0.1, 0.15) is 18.1 Å². The zero-order chi connectivity index (χ0) is 17.8. The molecule has 0 aliphatic rings. The average molecular weight is 421 g/mol. The topological polar surface area (TPSA) is 43.3 Å². The number of carbonyl (C=O) groups is 1. The van der Waals surface area contributed by atoms with E-state index in [1.807, 2.05) is 41.0 Å². The number of hydrogen-bond donors (Lipinski definition) is 1. The Labute approximate surface area is 159 Å². The van der Waals surface area contributed by atoms with E-state index < -0.39 is 0 Å². The molecule has 0 radical (unpaired) electrons. The van der Waals surface area contributed by atoms with Gasteiger partial charge in [0.25, 0.3) is 5.91 Å². The van der Waals surface area contributed by atoms with Gasteiger partial charge in [-0.3, -0.25) is 4.79 Å². The number of ether oxygens (including phenoxy) is 1. The molecule has 4 nitrogen and oxygen atoms in total. The van der Waals surface area contributed by atoms with Gasteiger partial charge in [-0.1, -0.05) is 32.0 Å². The summed E-state index contributed by atoms with van der Waals surface area (Å²) in [4.78, 5) is 12.6. The molecule has 1 amide bonds. The Morgan fingerprint density at radius 1 is 1.32 bits per heavy atom. The first-order chi connectivity index (χ1) is 12.1. The van der Waals surface area contributed by atoms with Gasteiger partial charge in [-0.05, 0) is 40.0 Å². The van der Waals surface area contributed by atoms with Crippen LogP contribution in [0.15, 0.2) is 46.3 Å². The number of nitrogens with one attached hydrogen (secondary N) is 1. The summed E-state index contributed by atoms with van der Waals surface area (Å²) in [6.45, 7) is 5.95. The molecule has 2 aromatic heterocycles. The standard InChI is InChI=1S/C19H21BrN2O2S/c1-13(2)11-21-19(23)16-10-17-18(15(20)12-25-17)22(16)8-9-24-14-6-4-3-5-7-14/h3-7,10,12-13H,8-9,11H2,1-2H3,(H,21,23). The van der Waals surface area contributed by atoms with Crippen LogP contribution in [0, 0.1) is 5.92 Å². The zero-order valence-corrected chi connectivity index (χ0v) is 16.7. The Morgan fingerprint density at radius 2 is 2.08 bits per heavy atom. The summed E-state index contributed by atoms with van der Waals surface area (Å²) in [6, 6.07) is 11.7. The summed E-state index contributed by atoms with van der Waals surface area (Å²) >= 11 is 5.23. The summed E-state index contributed by atoms with van der Waals surface area (Å²) in [5.74, 6) is 1.21. The van der Waals surface area contributed by atoms with Crippen molar-refractivity contribution in [2.24, 2.45) is 5.92 Å². The van der Waals surface area contributed by atoms with Gasteiger partial charge in [0.15, 0.2) is 0 Å². The number of fused-ring (bicyclic) bond motifs is 1. The molecule has 1 N–H and O–H groups in total. The van der Waals surface area contributed by atoms with Gasteiger partial charge in [-0.15, -0.1) is 11.3 Å². The smallest absolute Gasteiger partial charge is 0.267 e. The van der Waals surface area contributed by atoms with Crippen LogP contribution in [0.4, 0.5) is 0 Å². The first kappa shape index (κ1) is 18.0. The van der Waals surface area contributed by atoms with Crippen LogP contribution >= 0.6 is 27.3 Å². The normalized spacial score (nSPS) is 11.2. The number of aromatic nitrogens is 1. The maximum Gasteiger partial charge on any atom is 0.267 e. The maximum absolute atomic E-state index is 12.6. The van der Waals surface area contributed by atoms with Gasteiger partial charge < -0.3 is 14.6 Å². The molecule has 1 aromatic carbocycles. The van der Waals surface area contributed by atoms with Crippen molar-refractivity contribution >= 4 is 43.4 Å². The number of nitrogens with zero attached hydrogens (tertiary/aromatic N) is 1. The first-order valence-electron chi connectivity index (χ1n) is 8.28. The molecule has 0 bridgehead atoms. The van der Waals surface area contributed by atoms with Gasteiger partial charge in [0, 0.05) is 11.9 Å². The fraction of sp³-hybridized carbons (Fsp3) is 0.316. The second kappa shape index (κ2) is 8.06. The molecule has 0 saturated heterocycles. The lowest BCUT2D eigenvalue weighted by atomic mass is 10.2. The van der Waals surface area contributed by atoms with E-state index in [0.717, 1.165) is 20.4 Å². The van der Waals surface area contributed by atoms with E-state index in [4.69, 9.17) is 4.74 Å². The Hall–Kier alpha value is -1.79. The molecule has 0 unspecified atom stereocenters. The third-order valence-electron chi connectivity index (χ3n) is 3.81. The highest BCUT2D eigenvalue weighted by atomic mass is 79.9. The fourth-order valence-corrected chi connectivity index (χ4v) is 4.30. The van der Waals surface area contributed by atoms with Crippen molar-refractivity contribution < 1.29 is 9.53 Å². The summed E-state index contributed by atoms with van der Waals surface area (Å²) in [5, 5.41) is 5.06. The van der Waals surface area contributed by atoms with Crippen LogP contribution in [0.3, 0.4) is 0 Å². The second-order valence-corrected chi connectivity index (χ2v) is 8.01. The van der Waals surface area contributed by atoms with Gasteiger partial charge in [-0.2, -0.15) is 0 Å². The van der Waals surface area contributed by atoms with E-state index in [9.17, 15) is 4.79 Å². The van der Waals surface area contributed by atoms with Gasteiger partial charge in [-0.25, -0.2) is 0 Å². The van der Waals surface area contributed by atoms with Crippen molar-refractivity contribution in [1.82, 2.24) is 9.88 Å². The first-order valence-corrected chi connectivity index (χ1v) is 9.96. The number of amides is 1. The molecule has 0 aliphatic carbocycles. The van der Waals surface area contributed by atoms with Gasteiger partial charge in [0.2, 0.25) is 0 Å². The SMILES string of the molecule is CC(C)CNC(=O)c1cc2scc(Br)c2n1CCOc1ccccc1. The van der Waals surface area contributed by atoms with E-state index >= 15 is 0 Å². The summed E-state index contributed by atoms with van der Waals surface area (Å²) < 4.78 is 9.96. The van der Waals surface area contributed by atoms with Crippen molar-refractivity contribution in [2.45, 2.75) is 20.4 Å². The summed E-state index contributed by atoms with van der Waals surface area (Å²) in [5.41, 5.74) is 1.73. The summed E-state index contributed by atoms with van der Waals surface area (Å²) in [7, 11) is 0. The number of benzene rings is 1. The molecule has 0 saturated carbocycles. The van der Waals surface area contributed by atoms with E-state index in [1.54, 1.807) is 11.3 Å². The van der Waals surface area contributed by atoms with Crippen LogP contribution in [-0.2, 0) is 6.54 Å². The number of hydrogen-bond acceptors (Lipinski definition) is 3. The Morgan fingerprint density at radius 3 is 2.80 bits per heavy atom. The van der Waals surface area contributed by atoms with Gasteiger partial charge >= 0.3 is 0 Å². The van der Waals surface area contributed by atoms with Crippen molar-refractivity contribution in [2.75, 3.05) is 13.2 Å². The van der Waals surface area contributed by atoms with Crippen LogP contribution in [0.1, 0.15) is 24.3 Å². The lowest BCUT2D eigenvalue weighted by molar-refractivity contribution is 0.0939. The Kier molecular flexibility index (Phi) is 5.81. The minimum atomic E-state index is -0.0382. The van der Waals surface area contributed by atoms with Crippen molar-refractivity contribution in [1.29, 1.82) is 0 Å². The van der Waals surface area contributed by atoms with Crippen LogP contribution in [-0.4, -0.2) is 23.6 Å². The molecule has 0 atom stereocenters. The van der Waals surface area contributed by atoms with Crippen molar-refractivity contribution in [3.63, 3.8) is 0 Å². The number of para-hydroxylation sites is 1. The molecule has 6 heteroatoms. The average Bonchev–Trinajstić information content (AvgIpc) is 3.14. The predicted molar refractivity (Wildman–Crippen MR) is 107 cm³/mol. The minimum absolute atomic E-state index is 0.0382. The number of thiophene rings is 1. The number of rotatable bonds is 7.